The molecule has 1 aromatic rings. The van der Waals surface area contributed by atoms with Crippen molar-refractivity contribution >= 4 is 5.91 Å². The summed E-state index contributed by atoms with van der Waals surface area (Å²) in [6.45, 7) is 0. The van der Waals surface area contributed by atoms with Crippen molar-refractivity contribution in [2.45, 2.75) is 24.8 Å². The van der Waals surface area contributed by atoms with E-state index in [0.717, 1.165) is 0 Å². The largest absolute Gasteiger partial charge is 0.416 e. The Morgan fingerprint density at radius 3 is 1.68 bits per heavy atom. The molecule has 0 saturated carbocycles. The fourth-order valence-electron chi connectivity index (χ4n) is 1.74. The molecule has 19 heavy (non-hydrogen) atoms. The predicted octanol–water partition coefficient (Wildman–Crippen LogP) is 3.29. The second-order valence-corrected chi connectivity index (χ2v) is 4.16. The second kappa shape index (κ2) is 4.14. The Kier molecular flexibility index (Phi) is 2.98. The first kappa shape index (κ1) is 13.7. The molecule has 1 heterocycles. The molecule has 2 rings (SSSR count). The number of carbonyl (C=O) groups excluding carboxylic acids is 1. The van der Waals surface area contributed by atoms with E-state index in [2.05, 4.69) is 5.32 Å². The first-order chi connectivity index (χ1) is 8.57. The summed E-state index contributed by atoms with van der Waals surface area (Å²) < 4.78 is 75.3. The SMILES string of the molecule is O=C1CC(c2cc(C(F)(F)F)cc(C(F)(F)F)c2)N1. The van der Waals surface area contributed by atoms with Gasteiger partial charge in [-0.2, -0.15) is 26.3 Å². The lowest BCUT2D eigenvalue weighted by atomic mass is 9.93. The van der Waals surface area contributed by atoms with Crippen molar-refractivity contribution in [3.8, 4) is 0 Å². The molecule has 0 aromatic heterocycles. The zero-order valence-corrected chi connectivity index (χ0v) is 9.19. The van der Waals surface area contributed by atoms with Crippen LogP contribution in [-0.2, 0) is 17.1 Å². The third-order valence-electron chi connectivity index (χ3n) is 2.74. The number of benzene rings is 1. The van der Waals surface area contributed by atoms with Gasteiger partial charge in [-0.25, -0.2) is 0 Å². The minimum Gasteiger partial charge on any atom is -0.349 e. The third-order valence-corrected chi connectivity index (χ3v) is 2.74. The number of rotatable bonds is 1. The zero-order chi connectivity index (χ0) is 14.4. The van der Waals surface area contributed by atoms with Gasteiger partial charge in [0.05, 0.1) is 23.6 Å². The van der Waals surface area contributed by atoms with E-state index < -0.39 is 35.4 Å². The zero-order valence-electron chi connectivity index (χ0n) is 9.19. The number of β-lactam (4-membered cyclic amide) rings is 1. The van der Waals surface area contributed by atoms with Crippen LogP contribution in [0.5, 0.6) is 0 Å². The van der Waals surface area contributed by atoms with E-state index in [1.807, 2.05) is 0 Å². The summed E-state index contributed by atoms with van der Waals surface area (Å²) in [5, 5.41) is 2.24. The van der Waals surface area contributed by atoms with Gasteiger partial charge in [-0.05, 0) is 23.8 Å². The molecule has 1 amide bonds. The molecule has 0 bridgehead atoms. The van der Waals surface area contributed by atoms with Gasteiger partial charge in [-0.3, -0.25) is 4.79 Å². The lowest BCUT2D eigenvalue weighted by molar-refractivity contribution is -0.143. The van der Waals surface area contributed by atoms with Gasteiger partial charge in [0.25, 0.3) is 0 Å². The predicted molar refractivity (Wildman–Crippen MR) is 51.9 cm³/mol. The van der Waals surface area contributed by atoms with Crippen LogP contribution >= 0.6 is 0 Å². The Morgan fingerprint density at radius 1 is 0.947 bits per heavy atom. The van der Waals surface area contributed by atoms with Gasteiger partial charge in [-0.15, -0.1) is 0 Å². The van der Waals surface area contributed by atoms with Crippen molar-refractivity contribution in [3.05, 3.63) is 34.9 Å². The molecule has 1 atom stereocenters. The number of halogens is 6. The number of carbonyl (C=O) groups is 1. The summed E-state index contributed by atoms with van der Waals surface area (Å²) in [6, 6.07) is 0.513. The van der Waals surface area contributed by atoms with Crippen LogP contribution in [0.1, 0.15) is 29.2 Å². The fourth-order valence-corrected chi connectivity index (χ4v) is 1.74. The average molecular weight is 283 g/mol. The molecule has 1 aromatic carbocycles. The van der Waals surface area contributed by atoms with E-state index in [4.69, 9.17) is 0 Å². The molecule has 104 valence electrons. The molecular weight excluding hydrogens is 276 g/mol. The Labute approximate surface area is 103 Å². The Bertz CT molecular complexity index is 479. The van der Waals surface area contributed by atoms with E-state index >= 15 is 0 Å². The molecule has 2 nitrogen and oxygen atoms in total. The van der Waals surface area contributed by atoms with Gasteiger partial charge in [0.1, 0.15) is 0 Å². The molecule has 1 fully saturated rings. The van der Waals surface area contributed by atoms with Crippen molar-refractivity contribution in [2.24, 2.45) is 0 Å². The summed E-state index contributed by atoms with van der Waals surface area (Å²) in [6.07, 6.45) is -9.86. The van der Waals surface area contributed by atoms with Crippen LogP contribution in [0.4, 0.5) is 26.3 Å². The first-order valence-corrected chi connectivity index (χ1v) is 5.16. The smallest absolute Gasteiger partial charge is 0.349 e. The summed E-state index contributed by atoms with van der Waals surface area (Å²) in [7, 11) is 0. The van der Waals surface area contributed by atoms with Crippen molar-refractivity contribution in [1.29, 1.82) is 0 Å². The minimum absolute atomic E-state index is 0.0595. The molecule has 1 aliphatic rings. The van der Waals surface area contributed by atoms with Gasteiger partial charge in [0.2, 0.25) is 5.91 Å². The Hall–Kier alpha value is -1.73. The van der Waals surface area contributed by atoms with E-state index in [0.29, 0.717) is 12.1 Å². The van der Waals surface area contributed by atoms with Crippen molar-refractivity contribution in [1.82, 2.24) is 5.32 Å². The summed E-state index contributed by atoms with van der Waals surface area (Å²) >= 11 is 0. The van der Waals surface area contributed by atoms with E-state index in [-0.39, 0.29) is 18.1 Å². The summed E-state index contributed by atoms with van der Waals surface area (Å²) in [4.78, 5) is 10.7. The fraction of sp³-hybridized carbons (Fsp3) is 0.364. The highest BCUT2D eigenvalue weighted by molar-refractivity contribution is 5.83. The molecule has 0 radical (unpaired) electrons. The minimum atomic E-state index is -4.87. The number of hydrogen-bond donors (Lipinski definition) is 1. The van der Waals surface area contributed by atoms with E-state index in [9.17, 15) is 31.1 Å². The lowest BCUT2D eigenvalue weighted by Crippen LogP contribution is -2.41. The molecule has 1 N–H and O–H groups in total. The third kappa shape index (κ3) is 2.82. The Balaban J connectivity index is 2.46. The van der Waals surface area contributed by atoms with Crippen molar-refractivity contribution in [3.63, 3.8) is 0 Å². The molecule has 8 heteroatoms. The quantitative estimate of drug-likeness (QED) is 0.622. The molecule has 0 spiro atoms. The lowest BCUT2D eigenvalue weighted by Gasteiger charge is -2.28. The van der Waals surface area contributed by atoms with Gasteiger partial charge in [0.15, 0.2) is 0 Å². The van der Waals surface area contributed by atoms with Crippen LogP contribution in [0.2, 0.25) is 0 Å². The van der Waals surface area contributed by atoms with Gasteiger partial charge < -0.3 is 5.32 Å². The van der Waals surface area contributed by atoms with E-state index in [1.165, 1.54) is 0 Å². The van der Waals surface area contributed by atoms with Crippen LogP contribution in [0, 0.1) is 0 Å². The van der Waals surface area contributed by atoms with Crippen LogP contribution in [0.3, 0.4) is 0 Å². The molecule has 1 saturated heterocycles. The van der Waals surface area contributed by atoms with Crippen LogP contribution < -0.4 is 5.32 Å². The molecule has 1 aliphatic heterocycles. The standard InChI is InChI=1S/C11H7F6NO/c12-10(13,14)6-1-5(8-4-9(19)18-8)2-7(3-6)11(15,16)17/h1-3,8H,4H2,(H,18,19). The van der Waals surface area contributed by atoms with Crippen LogP contribution in [-0.4, -0.2) is 5.91 Å². The van der Waals surface area contributed by atoms with Crippen molar-refractivity contribution < 1.29 is 31.1 Å². The van der Waals surface area contributed by atoms with Gasteiger partial charge in [0, 0.05) is 0 Å². The highest BCUT2D eigenvalue weighted by Gasteiger charge is 2.38. The molecular formula is C11H7F6NO. The van der Waals surface area contributed by atoms with Crippen LogP contribution in [0.25, 0.3) is 0 Å². The maximum absolute atomic E-state index is 12.5. The number of amides is 1. The summed E-state index contributed by atoms with van der Waals surface area (Å²) in [5.41, 5.74) is -2.95. The maximum Gasteiger partial charge on any atom is 0.416 e. The molecule has 1 unspecified atom stereocenters. The number of alkyl halides is 6. The van der Waals surface area contributed by atoms with Crippen molar-refractivity contribution in [2.75, 3.05) is 0 Å². The average Bonchev–Trinajstić information content (AvgIpc) is 2.22. The first-order valence-electron chi connectivity index (χ1n) is 5.16. The topological polar surface area (TPSA) is 29.1 Å². The Morgan fingerprint density at radius 2 is 1.37 bits per heavy atom. The van der Waals surface area contributed by atoms with Gasteiger partial charge >= 0.3 is 12.4 Å². The van der Waals surface area contributed by atoms with Gasteiger partial charge in [-0.1, -0.05) is 0 Å². The highest BCUT2D eigenvalue weighted by atomic mass is 19.4. The number of hydrogen-bond acceptors (Lipinski definition) is 1. The van der Waals surface area contributed by atoms with E-state index in [1.54, 1.807) is 0 Å². The normalized spacial score (nSPS) is 19.9. The maximum atomic E-state index is 12.5. The monoisotopic (exact) mass is 283 g/mol. The second-order valence-electron chi connectivity index (χ2n) is 4.16. The molecule has 0 aliphatic carbocycles. The highest BCUT2D eigenvalue weighted by Crippen LogP contribution is 2.38. The van der Waals surface area contributed by atoms with Crippen LogP contribution in [0.15, 0.2) is 18.2 Å². The number of nitrogens with one attached hydrogen (secondary N) is 1. The summed E-state index contributed by atoms with van der Waals surface area (Å²) in [5.74, 6) is -0.407.